The van der Waals surface area contributed by atoms with Crippen molar-refractivity contribution in [2.45, 2.75) is 26.2 Å². The van der Waals surface area contributed by atoms with Crippen molar-refractivity contribution in [1.82, 2.24) is 19.2 Å². The molecule has 0 aliphatic carbocycles. The van der Waals surface area contributed by atoms with E-state index in [1.54, 1.807) is 0 Å². The lowest BCUT2D eigenvalue weighted by Crippen LogP contribution is -2.32. The Kier molecular flexibility index (Phi) is 5.05. The summed E-state index contributed by atoms with van der Waals surface area (Å²) < 4.78 is 15.8. The molecule has 0 unspecified atom stereocenters. The second-order valence-corrected chi connectivity index (χ2v) is 9.42. The van der Waals surface area contributed by atoms with E-state index >= 15 is 0 Å². The van der Waals surface area contributed by atoms with Crippen molar-refractivity contribution in [2.24, 2.45) is 0 Å². The highest BCUT2D eigenvalue weighted by Gasteiger charge is 2.21. The van der Waals surface area contributed by atoms with Gasteiger partial charge >= 0.3 is 0 Å². The maximum atomic E-state index is 5.92. The van der Waals surface area contributed by atoms with Gasteiger partial charge in [0.1, 0.15) is 0 Å². The number of fused-ring (bicyclic) bond motifs is 2. The molecular formula is C24H22N4O2S2. The van der Waals surface area contributed by atoms with E-state index in [1.165, 1.54) is 10.4 Å². The van der Waals surface area contributed by atoms with Crippen molar-refractivity contribution in [3.05, 3.63) is 80.8 Å². The van der Waals surface area contributed by atoms with Gasteiger partial charge in [-0.15, -0.1) is 11.3 Å². The summed E-state index contributed by atoms with van der Waals surface area (Å²) in [6.07, 6.45) is 1.09. The molecular weight excluding hydrogens is 440 g/mol. The fourth-order valence-corrected chi connectivity index (χ4v) is 5.45. The molecule has 4 aromatic rings. The first-order valence-corrected chi connectivity index (χ1v) is 11.9. The summed E-state index contributed by atoms with van der Waals surface area (Å²) in [6, 6.07) is 18.5. The van der Waals surface area contributed by atoms with Gasteiger partial charge in [-0.25, -0.2) is 4.68 Å². The molecule has 0 spiro atoms. The maximum Gasteiger partial charge on any atom is 0.231 e. The number of nitrogens with zero attached hydrogens (tertiary/aromatic N) is 4. The summed E-state index contributed by atoms with van der Waals surface area (Å²) in [5.41, 5.74) is 3.58. The SMILES string of the molecule is S=c1n(CN2CCc3sccc3C2)nc(-c2ccccc2)n1Cc1ccc2c(c1)OCO2. The summed E-state index contributed by atoms with van der Waals surface area (Å²) >= 11 is 7.78. The van der Waals surface area contributed by atoms with Crippen LogP contribution in [0.25, 0.3) is 11.4 Å². The molecule has 4 heterocycles. The van der Waals surface area contributed by atoms with Gasteiger partial charge in [-0.2, -0.15) is 5.10 Å². The number of rotatable bonds is 5. The lowest BCUT2D eigenvalue weighted by atomic mass is 10.1. The zero-order chi connectivity index (χ0) is 21.5. The van der Waals surface area contributed by atoms with Crippen molar-refractivity contribution in [2.75, 3.05) is 13.3 Å². The van der Waals surface area contributed by atoms with E-state index in [0.29, 0.717) is 13.2 Å². The smallest absolute Gasteiger partial charge is 0.231 e. The van der Waals surface area contributed by atoms with Crippen molar-refractivity contribution >= 4 is 23.6 Å². The summed E-state index contributed by atoms with van der Waals surface area (Å²) in [6.45, 7) is 3.53. The minimum Gasteiger partial charge on any atom is -0.454 e. The van der Waals surface area contributed by atoms with Crippen LogP contribution < -0.4 is 9.47 Å². The first kappa shape index (κ1) is 19.7. The summed E-state index contributed by atoms with van der Waals surface area (Å²) in [5.74, 6) is 2.44. The van der Waals surface area contributed by atoms with E-state index in [9.17, 15) is 0 Å². The molecule has 0 fully saturated rings. The minimum absolute atomic E-state index is 0.271. The Labute approximate surface area is 195 Å². The number of benzene rings is 2. The second kappa shape index (κ2) is 8.20. The molecule has 0 atom stereocenters. The average Bonchev–Trinajstić information content (AvgIpc) is 3.55. The van der Waals surface area contributed by atoms with E-state index in [4.69, 9.17) is 26.8 Å². The molecule has 32 heavy (non-hydrogen) atoms. The maximum absolute atomic E-state index is 5.92. The lowest BCUT2D eigenvalue weighted by Gasteiger charge is -2.26. The highest BCUT2D eigenvalue weighted by Crippen LogP contribution is 2.33. The number of thiophene rings is 1. The van der Waals surface area contributed by atoms with Gasteiger partial charge in [-0.3, -0.25) is 9.47 Å². The molecule has 6 rings (SSSR count). The molecule has 6 nitrogen and oxygen atoms in total. The Balaban J connectivity index is 1.34. The summed E-state index contributed by atoms with van der Waals surface area (Å²) in [7, 11) is 0. The molecule has 0 saturated heterocycles. The fraction of sp³-hybridized carbons (Fsp3) is 0.250. The summed E-state index contributed by atoms with van der Waals surface area (Å²) in [5, 5.41) is 7.15. The molecule has 2 aromatic heterocycles. The van der Waals surface area contributed by atoms with Gasteiger partial charge in [0, 0.05) is 23.5 Å². The number of hydrogen-bond donors (Lipinski definition) is 0. The minimum atomic E-state index is 0.271. The van der Waals surface area contributed by atoms with E-state index in [0.717, 1.165) is 52.7 Å². The molecule has 2 aliphatic rings. The van der Waals surface area contributed by atoms with E-state index in [1.807, 2.05) is 46.4 Å². The normalized spacial score (nSPS) is 15.1. The number of ether oxygens (including phenoxy) is 2. The Morgan fingerprint density at radius 3 is 2.81 bits per heavy atom. The Hall–Kier alpha value is -2.94. The van der Waals surface area contributed by atoms with Gasteiger partial charge in [-0.05, 0) is 53.3 Å². The van der Waals surface area contributed by atoms with Crippen LogP contribution in [0.4, 0.5) is 0 Å². The molecule has 8 heteroatoms. The van der Waals surface area contributed by atoms with Crippen molar-refractivity contribution in [3.8, 4) is 22.9 Å². The van der Waals surface area contributed by atoms with Crippen LogP contribution in [-0.2, 0) is 26.2 Å². The number of aromatic nitrogens is 3. The van der Waals surface area contributed by atoms with Gasteiger partial charge in [0.25, 0.3) is 0 Å². The third-order valence-electron chi connectivity index (χ3n) is 5.95. The van der Waals surface area contributed by atoms with Crippen LogP contribution in [0.2, 0.25) is 0 Å². The highest BCUT2D eigenvalue weighted by atomic mass is 32.1. The van der Waals surface area contributed by atoms with E-state index in [2.05, 4.69) is 39.1 Å². The van der Waals surface area contributed by atoms with Gasteiger partial charge in [-0.1, -0.05) is 36.4 Å². The van der Waals surface area contributed by atoms with Crippen LogP contribution in [0.5, 0.6) is 11.5 Å². The van der Waals surface area contributed by atoms with Crippen LogP contribution in [-0.4, -0.2) is 32.6 Å². The first-order valence-electron chi connectivity index (χ1n) is 10.6. The molecule has 0 saturated carbocycles. The molecule has 0 radical (unpaired) electrons. The van der Waals surface area contributed by atoms with Gasteiger partial charge in [0.15, 0.2) is 22.1 Å². The van der Waals surface area contributed by atoms with E-state index in [-0.39, 0.29) is 6.79 Å². The van der Waals surface area contributed by atoms with Crippen LogP contribution in [0.3, 0.4) is 0 Å². The van der Waals surface area contributed by atoms with Crippen LogP contribution >= 0.6 is 23.6 Å². The molecule has 2 aliphatic heterocycles. The fourth-order valence-electron chi connectivity index (χ4n) is 4.32. The standard InChI is InChI=1S/C24H22N4O2S2/c31-24-27(13-17-6-7-20-21(12-17)30-16-29-20)23(18-4-2-1-3-5-18)25-28(24)15-26-10-8-22-19(14-26)9-11-32-22/h1-7,9,11-12H,8,10,13-16H2. The number of hydrogen-bond acceptors (Lipinski definition) is 6. The Morgan fingerprint density at radius 1 is 1.03 bits per heavy atom. The van der Waals surface area contributed by atoms with Crippen LogP contribution in [0.1, 0.15) is 16.0 Å². The zero-order valence-corrected chi connectivity index (χ0v) is 19.1. The van der Waals surface area contributed by atoms with Crippen LogP contribution in [0.15, 0.2) is 60.0 Å². The van der Waals surface area contributed by atoms with Crippen molar-refractivity contribution in [1.29, 1.82) is 0 Å². The molecule has 0 N–H and O–H groups in total. The van der Waals surface area contributed by atoms with Crippen molar-refractivity contribution < 1.29 is 9.47 Å². The largest absolute Gasteiger partial charge is 0.454 e. The quantitative estimate of drug-likeness (QED) is 0.393. The Morgan fingerprint density at radius 2 is 1.91 bits per heavy atom. The third-order valence-corrected chi connectivity index (χ3v) is 7.41. The second-order valence-electron chi connectivity index (χ2n) is 8.06. The van der Waals surface area contributed by atoms with Gasteiger partial charge in [0.2, 0.25) is 6.79 Å². The van der Waals surface area contributed by atoms with E-state index < -0.39 is 0 Å². The average molecular weight is 463 g/mol. The van der Waals surface area contributed by atoms with Crippen molar-refractivity contribution in [3.63, 3.8) is 0 Å². The summed E-state index contributed by atoms with van der Waals surface area (Å²) in [4.78, 5) is 3.92. The van der Waals surface area contributed by atoms with Crippen LogP contribution in [0, 0.1) is 4.77 Å². The monoisotopic (exact) mass is 462 g/mol. The predicted octanol–water partition coefficient (Wildman–Crippen LogP) is 4.94. The lowest BCUT2D eigenvalue weighted by molar-refractivity contribution is 0.174. The van der Waals surface area contributed by atoms with Gasteiger partial charge in [0.05, 0.1) is 13.2 Å². The first-order chi connectivity index (χ1) is 15.7. The Bertz CT molecular complexity index is 1330. The molecule has 2 aromatic carbocycles. The highest BCUT2D eigenvalue weighted by molar-refractivity contribution is 7.71. The molecule has 0 bridgehead atoms. The molecule has 0 amide bonds. The predicted molar refractivity (Wildman–Crippen MR) is 127 cm³/mol. The zero-order valence-electron chi connectivity index (χ0n) is 17.4. The molecule has 162 valence electrons. The third kappa shape index (κ3) is 3.64. The topological polar surface area (TPSA) is 44.5 Å². The van der Waals surface area contributed by atoms with Gasteiger partial charge < -0.3 is 9.47 Å².